The molecule has 21 heavy (non-hydrogen) atoms. The molecule has 0 spiro atoms. The number of aliphatic hydroxyl groups is 1. The Bertz CT molecular complexity index is 444. The van der Waals surface area contributed by atoms with Crippen LogP contribution in [0.5, 0.6) is 0 Å². The Hall–Kier alpha value is -0.970. The van der Waals surface area contributed by atoms with Crippen LogP contribution in [0.3, 0.4) is 0 Å². The summed E-state index contributed by atoms with van der Waals surface area (Å²) >= 11 is 0. The Morgan fingerprint density at radius 1 is 1.38 bits per heavy atom. The molecule has 1 saturated heterocycles. The van der Waals surface area contributed by atoms with Gasteiger partial charge in [0.25, 0.3) is 0 Å². The molecular weight excluding hydrogens is 269 g/mol. The zero-order chi connectivity index (χ0) is 15.2. The van der Waals surface area contributed by atoms with Crippen LogP contribution in [0, 0.1) is 18.7 Å². The van der Waals surface area contributed by atoms with Crippen molar-refractivity contribution in [2.45, 2.75) is 32.8 Å². The smallest absolute Gasteiger partial charge is 0.123 e. The maximum atomic E-state index is 13.1. The number of β-amino-alcohol motifs (C(OH)–C–C–N with tert-alkyl or cyclic N) is 1. The minimum atomic E-state index is -0.547. The molecule has 1 aromatic carbocycles. The van der Waals surface area contributed by atoms with E-state index in [4.69, 9.17) is 4.74 Å². The van der Waals surface area contributed by atoms with Crippen molar-refractivity contribution in [3.8, 4) is 0 Å². The number of hydrogen-bond donors (Lipinski definition) is 1. The average molecular weight is 295 g/mol. The van der Waals surface area contributed by atoms with Gasteiger partial charge in [-0.25, -0.2) is 4.39 Å². The number of halogens is 1. The monoisotopic (exact) mass is 295 g/mol. The molecule has 0 aliphatic carbocycles. The van der Waals surface area contributed by atoms with Crippen molar-refractivity contribution < 1.29 is 14.2 Å². The summed E-state index contributed by atoms with van der Waals surface area (Å²) in [5, 5.41) is 10.4. The quantitative estimate of drug-likeness (QED) is 0.876. The van der Waals surface area contributed by atoms with Gasteiger partial charge in [-0.1, -0.05) is 6.07 Å². The van der Waals surface area contributed by atoms with Crippen LogP contribution in [0.4, 0.5) is 4.39 Å². The lowest BCUT2D eigenvalue weighted by atomic mass is 9.96. The maximum absolute atomic E-state index is 13.1. The molecule has 4 heteroatoms. The molecule has 1 aromatic rings. The Morgan fingerprint density at radius 3 is 2.71 bits per heavy atom. The van der Waals surface area contributed by atoms with Crippen molar-refractivity contribution in [2.75, 3.05) is 32.8 Å². The van der Waals surface area contributed by atoms with Crippen molar-refractivity contribution in [1.29, 1.82) is 0 Å². The molecule has 3 nitrogen and oxygen atoms in total. The van der Waals surface area contributed by atoms with Crippen LogP contribution in [-0.2, 0) is 4.74 Å². The van der Waals surface area contributed by atoms with Crippen LogP contribution in [0.1, 0.15) is 37.0 Å². The van der Waals surface area contributed by atoms with E-state index in [1.165, 1.54) is 12.1 Å². The van der Waals surface area contributed by atoms with Gasteiger partial charge in [-0.05, 0) is 69.0 Å². The summed E-state index contributed by atoms with van der Waals surface area (Å²) in [4.78, 5) is 2.29. The van der Waals surface area contributed by atoms with Crippen molar-refractivity contribution >= 4 is 0 Å². The number of nitrogens with zero attached hydrogens (tertiary/aromatic N) is 1. The lowest BCUT2D eigenvalue weighted by Gasteiger charge is -2.33. The van der Waals surface area contributed by atoms with Gasteiger partial charge in [0.1, 0.15) is 5.82 Å². The molecule has 118 valence electrons. The van der Waals surface area contributed by atoms with Gasteiger partial charge in [0, 0.05) is 19.8 Å². The van der Waals surface area contributed by atoms with Gasteiger partial charge in [-0.2, -0.15) is 0 Å². The molecule has 1 unspecified atom stereocenters. The highest BCUT2D eigenvalue weighted by Crippen LogP contribution is 2.23. The van der Waals surface area contributed by atoms with E-state index in [0.717, 1.165) is 50.3 Å². The van der Waals surface area contributed by atoms with Crippen molar-refractivity contribution in [1.82, 2.24) is 4.90 Å². The van der Waals surface area contributed by atoms with E-state index in [-0.39, 0.29) is 5.82 Å². The summed E-state index contributed by atoms with van der Waals surface area (Å²) in [6.45, 7) is 8.11. The van der Waals surface area contributed by atoms with E-state index in [1.54, 1.807) is 6.07 Å². The molecule has 1 N–H and O–H groups in total. The maximum Gasteiger partial charge on any atom is 0.123 e. The fourth-order valence-electron chi connectivity index (χ4n) is 2.98. The highest BCUT2D eigenvalue weighted by atomic mass is 19.1. The number of aryl methyl sites for hydroxylation is 1. The lowest BCUT2D eigenvalue weighted by molar-refractivity contribution is 0.0533. The fraction of sp³-hybridized carbons (Fsp3) is 0.647. The minimum Gasteiger partial charge on any atom is -0.387 e. The Morgan fingerprint density at radius 2 is 2.10 bits per heavy atom. The zero-order valence-corrected chi connectivity index (χ0v) is 13.0. The van der Waals surface area contributed by atoms with Gasteiger partial charge in [0.05, 0.1) is 6.10 Å². The molecule has 0 aromatic heterocycles. The molecular formula is C17H26FNO2. The third-order valence-corrected chi connectivity index (χ3v) is 4.29. The molecule has 0 saturated carbocycles. The summed E-state index contributed by atoms with van der Waals surface area (Å²) < 4.78 is 18.6. The third-order valence-electron chi connectivity index (χ3n) is 4.29. The van der Waals surface area contributed by atoms with Gasteiger partial charge >= 0.3 is 0 Å². The van der Waals surface area contributed by atoms with E-state index in [0.29, 0.717) is 12.5 Å². The number of ether oxygens (including phenoxy) is 1. The van der Waals surface area contributed by atoms with Crippen molar-refractivity contribution in [3.05, 3.63) is 35.1 Å². The number of rotatable bonds is 6. The van der Waals surface area contributed by atoms with Gasteiger partial charge in [0.15, 0.2) is 0 Å². The standard InChI is InChI=1S/C17H26FNO2/c1-3-21-12-14-6-8-19(9-7-14)11-17(20)16-5-4-15(18)10-13(16)2/h4-5,10,14,17,20H,3,6-9,11-12H2,1-2H3. The van der Waals surface area contributed by atoms with Gasteiger partial charge in [-0.15, -0.1) is 0 Å². The highest BCUT2D eigenvalue weighted by molar-refractivity contribution is 5.28. The number of piperidine rings is 1. The Labute approximate surface area is 126 Å². The van der Waals surface area contributed by atoms with Crippen molar-refractivity contribution in [2.24, 2.45) is 5.92 Å². The van der Waals surface area contributed by atoms with E-state index in [1.807, 2.05) is 13.8 Å². The topological polar surface area (TPSA) is 32.7 Å². The molecule has 1 aliphatic rings. The van der Waals surface area contributed by atoms with Gasteiger partial charge in [0.2, 0.25) is 0 Å². The SMILES string of the molecule is CCOCC1CCN(CC(O)c2ccc(F)cc2C)CC1. The second-order valence-corrected chi connectivity index (χ2v) is 5.92. The first-order chi connectivity index (χ1) is 10.1. The minimum absolute atomic E-state index is 0.250. The largest absolute Gasteiger partial charge is 0.387 e. The molecule has 0 bridgehead atoms. The van der Waals surface area contributed by atoms with E-state index in [9.17, 15) is 9.50 Å². The summed E-state index contributed by atoms with van der Waals surface area (Å²) in [7, 11) is 0. The molecule has 1 heterocycles. The first kappa shape index (κ1) is 16.4. The predicted molar refractivity (Wildman–Crippen MR) is 81.8 cm³/mol. The number of likely N-dealkylation sites (tertiary alicyclic amines) is 1. The summed E-state index contributed by atoms with van der Waals surface area (Å²) in [6, 6.07) is 4.59. The zero-order valence-electron chi connectivity index (χ0n) is 13.0. The first-order valence-corrected chi connectivity index (χ1v) is 7.84. The second kappa shape index (κ2) is 7.87. The summed E-state index contributed by atoms with van der Waals surface area (Å²) in [5.41, 5.74) is 1.64. The van der Waals surface area contributed by atoms with Gasteiger partial charge < -0.3 is 14.7 Å². The van der Waals surface area contributed by atoms with Crippen LogP contribution < -0.4 is 0 Å². The average Bonchev–Trinajstić information content (AvgIpc) is 2.46. The summed E-state index contributed by atoms with van der Waals surface area (Å²) in [6.07, 6.45) is 1.69. The fourth-order valence-corrected chi connectivity index (χ4v) is 2.98. The molecule has 0 radical (unpaired) electrons. The molecule has 1 aliphatic heterocycles. The van der Waals surface area contributed by atoms with E-state index >= 15 is 0 Å². The number of benzene rings is 1. The lowest BCUT2D eigenvalue weighted by Crippen LogP contribution is -2.37. The van der Waals surface area contributed by atoms with Crippen LogP contribution >= 0.6 is 0 Å². The number of aliphatic hydroxyl groups excluding tert-OH is 1. The molecule has 2 rings (SSSR count). The molecule has 1 fully saturated rings. The Balaban J connectivity index is 1.82. The van der Waals surface area contributed by atoms with Gasteiger partial charge in [-0.3, -0.25) is 0 Å². The Kier molecular flexibility index (Phi) is 6.15. The normalized spacial score (nSPS) is 18.9. The van der Waals surface area contributed by atoms with Crippen LogP contribution in [0.25, 0.3) is 0 Å². The van der Waals surface area contributed by atoms with Crippen LogP contribution in [0.15, 0.2) is 18.2 Å². The number of hydrogen-bond acceptors (Lipinski definition) is 3. The van der Waals surface area contributed by atoms with Crippen LogP contribution in [-0.4, -0.2) is 42.9 Å². The highest BCUT2D eigenvalue weighted by Gasteiger charge is 2.22. The van der Waals surface area contributed by atoms with Crippen LogP contribution in [0.2, 0.25) is 0 Å². The molecule has 0 amide bonds. The van der Waals surface area contributed by atoms with E-state index < -0.39 is 6.10 Å². The van der Waals surface area contributed by atoms with E-state index in [2.05, 4.69) is 4.90 Å². The second-order valence-electron chi connectivity index (χ2n) is 5.92. The molecule has 1 atom stereocenters. The first-order valence-electron chi connectivity index (χ1n) is 7.84. The predicted octanol–water partition coefficient (Wildman–Crippen LogP) is 2.92. The van der Waals surface area contributed by atoms with Crippen molar-refractivity contribution in [3.63, 3.8) is 0 Å². The third kappa shape index (κ3) is 4.77. The summed E-state index contributed by atoms with van der Waals surface area (Å²) in [5.74, 6) is 0.395.